The number of allylic oxidation sites excluding steroid dienone is 2. The molecule has 0 fully saturated rings. The highest BCUT2D eigenvalue weighted by atomic mass is 16.4. The third-order valence-electron chi connectivity index (χ3n) is 4.30. The number of aryl methyl sites for hydroxylation is 1. The number of carbonyl (C=O) groups excluding carboxylic acids is 2. The summed E-state index contributed by atoms with van der Waals surface area (Å²) < 4.78 is 0. The second-order valence-electron chi connectivity index (χ2n) is 6.19. The Bertz CT molecular complexity index is 1010. The van der Waals surface area contributed by atoms with Gasteiger partial charge in [0.1, 0.15) is 11.9 Å². The Balaban J connectivity index is 1.90. The number of amides is 1. The Labute approximate surface area is 156 Å². The zero-order valence-electron chi connectivity index (χ0n) is 14.6. The average molecular weight is 359 g/mol. The first kappa shape index (κ1) is 18.1. The van der Waals surface area contributed by atoms with E-state index >= 15 is 0 Å². The summed E-state index contributed by atoms with van der Waals surface area (Å²) in [6, 6.07) is 15.0. The molecule has 0 aliphatic heterocycles. The van der Waals surface area contributed by atoms with E-state index in [2.05, 4.69) is 5.32 Å². The maximum absolute atomic E-state index is 12.8. The number of rotatable bonds is 4. The molecule has 5 nitrogen and oxygen atoms in total. The van der Waals surface area contributed by atoms with Crippen LogP contribution in [0.2, 0.25) is 0 Å². The van der Waals surface area contributed by atoms with E-state index in [9.17, 15) is 19.5 Å². The van der Waals surface area contributed by atoms with Crippen LogP contribution >= 0.6 is 0 Å². The Morgan fingerprint density at radius 3 is 2.41 bits per heavy atom. The number of carboxylic acids is 1. The predicted molar refractivity (Wildman–Crippen MR) is 102 cm³/mol. The molecule has 2 N–H and O–H groups in total. The molecule has 5 heteroatoms. The minimum absolute atomic E-state index is 0.0144. The van der Waals surface area contributed by atoms with E-state index in [1.165, 1.54) is 18.2 Å². The van der Waals surface area contributed by atoms with Gasteiger partial charge in [-0.3, -0.25) is 9.59 Å². The molecule has 3 rings (SSSR count). The molecule has 0 saturated heterocycles. The first-order valence-corrected chi connectivity index (χ1v) is 8.34. The van der Waals surface area contributed by atoms with Crippen molar-refractivity contribution < 1.29 is 19.5 Å². The van der Waals surface area contributed by atoms with Crippen molar-refractivity contribution in [2.45, 2.75) is 6.92 Å². The maximum Gasteiger partial charge on any atom is 0.315 e. The molecule has 2 aromatic rings. The van der Waals surface area contributed by atoms with Gasteiger partial charge in [-0.05, 0) is 42.3 Å². The lowest BCUT2D eigenvalue weighted by atomic mass is 9.94. The summed E-state index contributed by atoms with van der Waals surface area (Å²) in [5, 5.41) is 11.9. The largest absolute Gasteiger partial charge is 0.481 e. The first-order valence-electron chi connectivity index (χ1n) is 8.34. The molecule has 1 aliphatic rings. The summed E-state index contributed by atoms with van der Waals surface area (Å²) in [6.45, 7) is 1.99. The van der Waals surface area contributed by atoms with Crippen LogP contribution < -0.4 is 5.32 Å². The molecule has 1 atom stereocenters. The molecule has 0 radical (unpaired) electrons. The summed E-state index contributed by atoms with van der Waals surface area (Å²) >= 11 is 0. The topological polar surface area (TPSA) is 83.5 Å². The van der Waals surface area contributed by atoms with Crippen molar-refractivity contribution in [1.82, 2.24) is 5.32 Å². The molecule has 0 heterocycles. The van der Waals surface area contributed by atoms with Crippen molar-refractivity contribution in [2.24, 2.45) is 5.92 Å². The fourth-order valence-electron chi connectivity index (χ4n) is 2.86. The number of carbonyl (C=O) groups is 2. The molecule has 1 unspecified atom stereocenters. The second-order valence-corrected chi connectivity index (χ2v) is 6.19. The van der Waals surface area contributed by atoms with Crippen LogP contribution in [-0.2, 0) is 9.59 Å². The number of benzene rings is 2. The third kappa shape index (κ3) is 3.94. The highest BCUT2D eigenvalue weighted by molar-refractivity contribution is 6.02. The minimum atomic E-state index is -1.18. The fourth-order valence-corrected chi connectivity index (χ4v) is 2.86. The fraction of sp³-hybridized carbons (Fsp3) is 0.0909. The molecular formula is C22H17NO4. The summed E-state index contributed by atoms with van der Waals surface area (Å²) in [5.41, 5.74) is 3.62. The molecule has 0 saturated carbocycles. The molecule has 0 spiro atoms. The zero-order valence-corrected chi connectivity index (χ0v) is 14.6. The Kier molecular flexibility index (Phi) is 5.15. The predicted octanol–water partition coefficient (Wildman–Crippen LogP) is 3.30. The zero-order chi connectivity index (χ0) is 19.4. The number of nitrogens with one attached hydrogen (secondary N) is 1. The van der Waals surface area contributed by atoms with Crippen LogP contribution in [0.4, 0.5) is 0 Å². The average Bonchev–Trinajstić information content (AvgIpc) is 2.68. The number of aliphatic carboxylic acids is 1. The van der Waals surface area contributed by atoms with E-state index in [4.69, 9.17) is 0 Å². The van der Waals surface area contributed by atoms with Gasteiger partial charge in [-0.25, -0.2) is 4.79 Å². The van der Waals surface area contributed by atoms with Gasteiger partial charge >= 0.3 is 5.97 Å². The van der Waals surface area contributed by atoms with Crippen molar-refractivity contribution in [3.8, 4) is 11.1 Å². The van der Waals surface area contributed by atoms with E-state index in [1.54, 1.807) is 18.1 Å². The van der Waals surface area contributed by atoms with Gasteiger partial charge in [0.2, 0.25) is 0 Å². The van der Waals surface area contributed by atoms with E-state index in [1.807, 2.05) is 43.3 Å². The van der Waals surface area contributed by atoms with Crippen LogP contribution in [0.1, 0.15) is 15.9 Å². The highest BCUT2D eigenvalue weighted by Crippen LogP contribution is 2.25. The summed E-state index contributed by atoms with van der Waals surface area (Å²) in [4.78, 5) is 34.9. The van der Waals surface area contributed by atoms with Gasteiger partial charge in [-0.2, -0.15) is 0 Å². The van der Waals surface area contributed by atoms with Crippen molar-refractivity contribution in [2.75, 3.05) is 0 Å². The smallest absolute Gasteiger partial charge is 0.315 e. The van der Waals surface area contributed by atoms with Crippen LogP contribution in [0.15, 0.2) is 78.0 Å². The van der Waals surface area contributed by atoms with Crippen LogP contribution in [0.3, 0.4) is 0 Å². The molecule has 1 aliphatic carbocycles. The van der Waals surface area contributed by atoms with E-state index < -0.39 is 11.9 Å². The number of hydrogen-bond donors (Lipinski definition) is 2. The molecule has 1 amide bonds. The second kappa shape index (κ2) is 7.68. The maximum atomic E-state index is 12.8. The van der Waals surface area contributed by atoms with Crippen molar-refractivity contribution >= 4 is 17.8 Å². The molecule has 134 valence electrons. The third-order valence-corrected chi connectivity index (χ3v) is 4.30. The van der Waals surface area contributed by atoms with Crippen molar-refractivity contribution in [3.05, 3.63) is 89.2 Å². The number of carboxylic acid groups (broad SMARTS) is 1. The van der Waals surface area contributed by atoms with Gasteiger partial charge in [0.15, 0.2) is 0 Å². The Morgan fingerprint density at radius 1 is 1.04 bits per heavy atom. The lowest BCUT2D eigenvalue weighted by Gasteiger charge is -2.16. The normalized spacial score (nSPS) is 15.7. The minimum Gasteiger partial charge on any atom is -0.481 e. The monoisotopic (exact) mass is 359 g/mol. The van der Waals surface area contributed by atoms with Gasteiger partial charge in [0.25, 0.3) is 5.91 Å². The standard InChI is InChI=1S/C22H17NO4/c1-14-6-8-15(9-7-14)18-4-2-3-5-19(18)21(25)23-17-11-10-16(13-24)20(12-17)22(26)27/h2-12,20H,1H3,(H,23,25)(H,26,27). The Morgan fingerprint density at radius 2 is 1.74 bits per heavy atom. The molecular weight excluding hydrogens is 342 g/mol. The molecule has 27 heavy (non-hydrogen) atoms. The van der Waals surface area contributed by atoms with E-state index in [0.29, 0.717) is 11.3 Å². The SMILES string of the molecule is Cc1ccc(-c2ccccc2C(=O)NC2=CC(C(=O)O)C(=C=O)C=C2)cc1. The summed E-state index contributed by atoms with van der Waals surface area (Å²) in [7, 11) is 0. The van der Waals surface area contributed by atoms with Crippen molar-refractivity contribution in [1.29, 1.82) is 0 Å². The first-order chi connectivity index (χ1) is 13.0. The van der Waals surface area contributed by atoms with Gasteiger partial charge in [-0.15, -0.1) is 0 Å². The summed E-state index contributed by atoms with van der Waals surface area (Å²) in [5.74, 6) is -1.04. The number of hydrogen-bond acceptors (Lipinski definition) is 3. The lowest BCUT2D eigenvalue weighted by Crippen LogP contribution is -2.26. The van der Waals surface area contributed by atoms with E-state index in [-0.39, 0.29) is 11.5 Å². The van der Waals surface area contributed by atoms with Crippen LogP contribution in [-0.4, -0.2) is 22.9 Å². The lowest BCUT2D eigenvalue weighted by molar-refractivity contribution is -0.138. The van der Waals surface area contributed by atoms with Gasteiger partial charge in [-0.1, -0.05) is 48.0 Å². The highest BCUT2D eigenvalue weighted by Gasteiger charge is 2.24. The Hall–Kier alpha value is -3.69. The van der Waals surface area contributed by atoms with Gasteiger partial charge in [0, 0.05) is 11.3 Å². The molecule has 0 aromatic heterocycles. The summed E-state index contributed by atoms with van der Waals surface area (Å²) in [6.07, 6.45) is 4.17. The quantitative estimate of drug-likeness (QED) is 0.821. The van der Waals surface area contributed by atoms with Crippen LogP contribution in [0.25, 0.3) is 11.1 Å². The van der Waals surface area contributed by atoms with E-state index in [0.717, 1.165) is 16.7 Å². The van der Waals surface area contributed by atoms with Crippen LogP contribution in [0, 0.1) is 12.8 Å². The van der Waals surface area contributed by atoms with Gasteiger partial charge < -0.3 is 10.4 Å². The molecule has 0 bridgehead atoms. The molecule has 2 aromatic carbocycles. The van der Waals surface area contributed by atoms with Gasteiger partial charge in [0.05, 0.1) is 5.57 Å². The van der Waals surface area contributed by atoms with Crippen molar-refractivity contribution in [3.63, 3.8) is 0 Å². The van der Waals surface area contributed by atoms with Crippen LogP contribution in [0.5, 0.6) is 0 Å².